The Hall–Kier alpha value is -1.34. The Kier molecular flexibility index (Phi) is 3.45. The predicted octanol–water partition coefficient (Wildman–Crippen LogP) is 0.178. The third-order valence-corrected chi connectivity index (χ3v) is 2.97. The lowest BCUT2D eigenvalue weighted by atomic mass is 10.0. The van der Waals surface area contributed by atoms with Gasteiger partial charge in [0.05, 0.1) is 26.2 Å². The Morgan fingerprint density at radius 2 is 2.28 bits per heavy atom. The highest BCUT2D eigenvalue weighted by molar-refractivity contribution is 5.74. The van der Waals surface area contributed by atoms with Gasteiger partial charge in [0.1, 0.15) is 12.2 Å². The van der Waals surface area contributed by atoms with Gasteiger partial charge >= 0.3 is 12.1 Å². The summed E-state index contributed by atoms with van der Waals surface area (Å²) in [5.41, 5.74) is 0. The first-order valence-corrected chi connectivity index (χ1v) is 5.77. The molecule has 2 aliphatic rings. The Morgan fingerprint density at radius 3 is 2.83 bits per heavy atom. The summed E-state index contributed by atoms with van der Waals surface area (Å²) in [5.74, 6) is -1.12. The molecule has 2 aliphatic heterocycles. The molecule has 0 aromatic rings. The van der Waals surface area contributed by atoms with Crippen molar-refractivity contribution in [2.75, 3.05) is 13.7 Å². The fraction of sp³-hybridized carbons (Fsp3) is 0.818. The Balaban J connectivity index is 2.01. The molecule has 0 radical (unpaired) electrons. The molecule has 1 N–H and O–H groups in total. The van der Waals surface area contributed by atoms with Crippen LogP contribution < -0.4 is 5.32 Å². The number of hydrogen-bond donors (Lipinski definition) is 1. The number of carbonyl (C=O) groups is 2. The molecule has 0 saturated carbocycles. The lowest BCUT2D eigenvalue weighted by molar-refractivity contribution is -0.146. The number of cyclic esters (lactones) is 1. The Labute approximate surface area is 105 Å². The fourth-order valence-corrected chi connectivity index (χ4v) is 2.11. The van der Waals surface area contributed by atoms with E-state index >= 15 is 0 Å². The minimum absolute atomic E-state index is 0.000194. The molecule has 1 amide bonds. The van der Waals surface area contributed by atoms with Crippen LogP contribution in [0, 0.1) is 0 Å². The highest BCUT2D eigenvalue weighted by atomic mass is 16.7. The van der Waals surface area contributed by atoms with E-state index in [1.54, 1.807) is 13.8 Å². The maximum atomic E-state index is 11.3. The van der Waals surface area contributed by atoms with E-state index in [0.29, 0.717) is 6.61 Å². The Morgan fingerprint density at radius 1 is 1.56 bits per heavy atom. The summed E-state index contributed by atoms with van der Waals surface area (Å²) in [6, 6.07) is -0.404. The number of methoxy groups -OCH3 is 1. The molecule has 0 bridgehead atoms. The van der Waals surface area contributed by atoms with Crippen molar-refractivity contribution in [3.8, 4) is 0 Å². The minimum atomic E-state index is -0.687. The number of nitrogens with one attached hydrogen (secondary N) is 1. The molecular formula is C11H17NO6. The molecular weight excluding hydrogens is 242 g/mol. The van der Waals surface area contributed by atoms with Crippen LogP contribution in [0.5, 0.6) is 0 Å². The van der Waals surface area contributed by atoms with Crippen molar-refractivity contribution >= 4 is 12.1 Å². The molecule has 0 spiro atoms. The van der Waals surface area contributed by atoms with Crippen LogP contribution >= 0.6 is 0 Å². The van der Waals surface area contributed by atoms with Gasteiger partial charge in [0.15, 0.2) is 5.79 Å². The zero-order chi connectivity index (χ0) is 13.3. The minimum Gasteiger partial charge on any atom is -0.469 e. The van der Waals surface area contributed by atoms with E-state index in [1.807, 2.05) is 0 Å². The number of esters is 1. The molecule has 3 atom stereocenters. The highest BCUT2D eigenvalue weighted by Gasteiger charge is 2.46. The van der Waals surface area contributed by atoms with Gasteiger partial charge in [-0.2, -0.15) is 0 Å². The Bertz CT molecular complexity index is 355. The molecule has 0 aliphatic carbocycles. The molecule has 2 fully saturated rings. The monoisotopic (exact) mass is 259 g/mol. The van der Waals surface area contributed by atoms with Crippen LogP contribution in [0.15, 0.2) is 0 Å². The molecule has 18 heavy (non-hydrogen) atoms. The summed E-state index contributed by atoms with van der Waals surface area (Å²) in [6.07, 6.45) is -1.48. The van der Waals surface area contributed by atoms with Crippen molar-refractivity contribution in [1.82, 2.24) is 5.32 Å². The van der Waals surface area contributed by atoms with Crippen molar-refractivity contribution < 1.29 is 28.5 Å². The molecule has 0 unspecified atom stereocenters. The van der Waals surface area contributed by atoms with Crippen molar-refractivity contribution in [1.29, 1.82) is 0 Å². The van der Waals surface area contributed by atoms with Crippen LogP contribution in [-0.4, -0.2) is 49.8 Å². The fourth-order valence-electron chi connectivity index (χ4n) is 2.11. The van der Waals surface area contributed by atoms with E-state index in [0.717, 1.165) is 0 Å². The molecule has 2 rings (SSSR count). The average molecular weight is 259 g/mol. The average Bonchev–Trinajstić information content (AvgIpc) is 2.81. The van der Waals surface area contributed by atoms with Crippen LogP contribution in [0.1, 0.15) is 20.3 Å². The quantitative estimate of drug-likeness (QED) is 0.728. The van der Waals surface area contributed by atoms with E-state index in [9.17, 15) is 9.59 Å². The van der Waals surface area contributed by atoms with E-state index < -0.39 is 30.0 Å². The third kappa shape index (κ3) is 2.73. The zero-order valence-corrected chi connectivity index (χ0v) is 10.6. The predicted molar refractivity (Wildman–Crippen MR) is 58.7 cm³/mol. The number of hydrogen-bond acceptors (Lipinski definition) is 6. The first-order valence-electron chi connectivity index (χ1n) is 5.77. The van der Waals surface area contributed by atoms with Gasteiger partial charge in [0.2, 0.25) is 0 Å². The molecule has 102 valence electrons. The zero-order valence-electron chi connectivity index (χ0n) is 10.6. The largest absolute Gasteiger partial charge is 0.469 e. The first-order chi connectivity index (χ1) is 8.41. The second kappa shape index (κ2) is 4.74. The van der Waals surface area contributed by atoms with E-state index in [2.05, 4.69) is 10.1 Å². The summed E-state index contributed by atoms with van der Waals surface area (Å²) in [5, 5.41) is 2.64. The summed E-state index contributed by atoms with van der Waals surface area (Å²) in [7, 11) is 1.29. The SMILES string of the molecule is COC(=O)C[C@H]1OC(=O)N[C@@H]1[C@@H]1COC(C)(C)O1. The van der Waals surface area contributed by atoms with Crippen LogP contribution in [0.4, 0.5) is 4.79 Å². The number of amides is 1. The number of carbonyl (C=O) groups excluding carboxylic acids is 2. The first kappa shape index (κ1) is 13.1. The van der Waals surface area contributed by atoms with Gasteiger partial charge in [0, 0.05) is 0 Å². The van der Waals surface area contributed by atoms with Crippen LogP contribution in [0.3, 0.4) is 0 Å². The maximum Gasteiger partial charge on any atom is 0.407 e. The molecule has 7 heteroatoms. The summed E-state index contributed by atoms with van der Waals surface area (Å²) < 4.78 is 20.7. The van der Waals surface area contributed by atoms with Gasteiger partial charge in [-0.15, -0.1) is 0 Å². The van der Waals surface area contributed by atoms with Gasteiger partial charge in [-0.1, -0.05) is 0 Å². The molecule has 0 aromatic heterocycles. The summed E-state index contributed by atoms with van der Waals surface area (Å²) >= 11 is 0. The number of rotatable bonds is 3. The smallest absolute Gasteiger partial charge is 0.407 e. The van der Waals surface area contributed by atoms with E-state index in [1.165, 1.54) is 7.11 Å². The molecule has 7 nitrogen and oxygen atoms in total. The van der Waals surface area contributed by atoms with E-state index in [-0.39, 0.29) is 12.5 Å². The summed E-state index contributed by atoms with van der Waals surface area (Å²) in [6.45, 7) is 3.93. The second-order valence-electron chi connectivity index (χ2n) is 4.76. The van der Waals surface area contributed by atoms with Crippen molar-refractivity contribution in [2.45, 2.75) is 44.3 Å². The van der Waals surface area contributed by atoms with Gasteiger partial charge < -0.3 is 24.3 Å². The third-order valence-electron chi connectivity index (χ3n) is 2.97. The van der Waals surface area contributed by atoms with Crippen molar-refractivity contribution in [3.63, 3.8) is 0 Å². The van der Waals surface area contributed by atoms with Gasteiger partial charge in [-0.3, -0.25) is 4.79 Å². The van der Waals surface area contributed by atoms with Gasteiger partial charge in [0.25, 0.3) is 0 Å². The van der Waals surface area contributed by atoms with Crippen LogP contribution in [0.25, 0.3) is 0 Å². The maximum absolute atomic E-state index is 11.3. The molecule has 2 saturated heterocycles. The van der Waals surface area contributed by atoms with Crippen molar-refractivity contribution in [2.24, 2.45) is 0 Å². The van der Waals surface area contributed by atoms with E-state index in [4.69, 9.17) is 14.2 Å². The van der Waals surface area contributed by atoms with Crippen molar-refractivity contribution in [3.05, 3.63) is 0 Å². The lowest BCUT2D eigenvalue weighted by Gasteiger charge is -2.22. The highest BCUT2D eigenvalue weighted by Crippen LogP contribution is 2.28. The summed E-state index contributed by atoms with van der Waals surface area (Å²) in [4.78, 5) is 22.5. The topological polar surface area (TPSA) is 83.1 Å². The molecule has 2 heterocycles. The molecule has 0 aromatic carbocycles. The number of ether oxygens (including phenoxy) is 4. The van der Waals surface area contributed by atoms with Crippen LogP contribution in [-0.2, 0) is 23.7 Å². The van der Waals surface area contributed by atoms with Crippen LogP contribution in [0.2, 0.25) is 0 Å². The number of alkyl carbamates (subject to hydrolysis) is 1. The van der Waals surface area contributed by atoms with Gasteiger partial charge in [-0.25, -0.2) is 4.79 Å². The lowest BCUT2D eigenvalue weighted by Crippen LogP contribution is -2.45. The van der Waals surface area contributed by atoms with Gasteiger partial charge in [-0.05, 0) is 13.8 Å². The second-order valence-corrected chi connectivity index (χ2v) is 4.76. The standard InChI is InChI=1S/C11H17NO6/c1-11(2)16-5-7(18-11)9-6(4-8(13)15-3)17-10(14)12-9/h6-7,9H,4-5H2,1-3H3,(H,12,14)/t6-,7+,9+/m1/s1. The normalized spacial score (nSPS) is 33.9.